The van der Waals surface area contributed by atoms with Crippen molar-refractivity contribution in [3.63, 3.8) is 0 Å². The van der Waals surface area contributed by atoms with Crippen molar-refractivity contribution in [2.45, 2.75) is 25.1 Å². The molecule has 3 nitrogen and oxygen atoms in total. The summed E-state index contributed by atoms with van der Waals surface area (Å²) in [6, 6.07) is 41.4. The van der Waals surface area contributed by atoms with Crippen LogP contribution in [0.3, 0.4) is 0 Å². The van der Waals surface area contributed by atoms with Crippen molar-refractivity contribution in [3.05, 3.63) is 144 Å². The van der Waals surface area contributed by atoms with Crippen molar-refractivity contribution in [1.82, 2.24) is 4.90 Å². The van der Waals surface area contributed by atoms with Crippen LogP contribution in [0, 0.1) is 5.92 Å². The van der Waals surface area contributed by atoms with Gasteiger partial charge in [-0.05, 0) is 22.3 Å². The first-order chi connectivity index (χ1) is 16.8. The van der Waals surface area contributed by atoms with Gasteiger partial charge in [0, 0.05) is 25.6 Å². The molecule has 0 saturated carbocycles. The number of nitrogens with zero attached hydrogens (tertiary/aromatic N) is 1. The van der Waals surface area contributed by atoms with Gasteiger partial charge in [-0.1, -0.05) is 121 Å². The minimum absolute atomic E-state index is 0.0369. The predicted octanol–water partition coefficient (Wildman–Crippen LogP) is 6.39. The van der Waals surface area contributed by atoms with Crippen molar-refractivity contribution in [2.75, 3.05) is 6.54 Å². The van der Waals surface area contributed by atoms with Gasteiger partial charge in [0.05, 0.1) is 5.92 Å². The first-order valence-corrected chi connectivity index (χ1v) is 11.9. The van der Waals surface area contributed by atoms with Crippen molar-refractivity contribution in [1.29, 1.82) is 0 Å². The lowest BCUT2D eigenvalue weighted by molar-refractivity contribution is -0.145. The third-order valence-electron chi connectivity index (χ3n) is 6.57. The minimum atomic E-state index is -0.281. The average molecular weight is 448 g/mol. The fraction of sp³-hybridized carbons (Fsp3) is 0.194. The Morgan fingerprint density at radius 2 is 1.03 bits per heavy atom. The van der Waals surface area contributed by atoms with E-state index < -0.39 is 0 Å². The minimum Gasteiger partial charge on any atom is -0.457 e. The largest absolute Gasteiger partial charge is 0.457 e. The molecule has 0 bridgehead atoms. The molecule has 0 spiro atoms. The SMILES string of the molecule is O=C1O[C@H](c2ccccc2)[C@H](c2ccccc2)[C@@H]1CN(Cc1ccccc1)Cc1ccccc1. The van der Waals surface area contributed by atoms with E-state index in [1.807, 2.05) is 48.5 Å². The van der Waals surface area contributed by atoms with Gasteiger partial charge in [0.2, 0.25) is 0 Å². The average Bonchev–Trinajstić information content (AvgIpc) is 3.22. The summed E-state index contributed by atoms with van der Waals surface area (Å²) in [4.78, 5) is 15.7. The Morgan fingerprint density at radius 1 is 0.588 bits per heavy atom. The van der Waals surface area contributed by atoms with Crippen LogP contribution >= 0.6 is 0 Å². The summed E-state index contributed by atoms with van der Waals surface area (Å²) >= 11 is 0. The van der Waals surface area contributed by atoms with Crippen LogP contribution in [-0.2, 0) is 22.6 Å². The number of benzene rings is 4. The van der Waals surface area contributed by atoms with Crippen molar-refractivity contribution in [3.8, 4) is 0 Å². The zero-order valence-corrected chi connectivity index (χ0v) is 19.2. The highest BCUT2D eigenvalue weighted by Gasteiger charge is 2.46. The number of esters is 1. The first kappa shape index (κ1) is 22.1. The number of cyclic esters (lactones) is 1. The molecule has 0 amide bonds. The fourth-order valence-corrected chi connectivity index (χ4v) is 4.98. The van der Waals surface area contributed by atoms with Gasteiger partial charge in [0.25, 0.3) is 0 Å². The molecule has 34 heavy (non-hydrogen) atoms. The van der Waals surface area contributed by atoms with Crippen LogP contribution in [0.5, 0.6) is 0 Å². The molecular weight excluding hydrogens is 418 g/mol. The predicted molar refractivity (Wildman–Crippen MR) is 135 cm³/mol. The van der Waals surface area contributed by atoms with E-state index in [0.717, 1.165) is 24.2 Å². The van der Waals surface area contributed by atoms with Crippen LogP contribution in [0.15, 0.2) is 121 Å². The molecule has 1 saturated heterocycles. The number of ether oxygens (including phenoxy) is 1. The quantitative estimate of drug-likeness (QED) is 0.293. The number of carbonyl (C=O) groups excluding carboxylic acids is 1. The van der Waals surface area contributed by atoms with Gasteiger partial charge < -0.3 is 4.74 Å². The normalized spacial score (nSPS) is 19.8. The van der Waals surface area contributed by atoms with Crippen LogP contribution in [-0.4, -0.2) is 17.4 Å². The molecule has 0 aromatic heterocycles. The smallest absolute Gasteiger partial charge is 0.311 e. The highest BCUT2D eigenvalue weighted by Crippen LogP contribution is 2.46. The second kappa shape index (κ2) is 10.5. The highest BCUT2D eigenvalue weighted by molar-refractivity contribution is 5.77. The number of hydrogen-bond donors (Lipinski definition) is 0. The van der Waals surface area contributed by atoms with E-state index in [0.29, 0.717) is 6.54 Å². The van der Waals surface area contributed by atoms with Gasteiger partial charge in [-0.25, -0.2) is 0 Å². The van der Waals surface area contributed by atoms with Gasteiger partial charge in [-0.2, -0.15) is 0 Å². The zero-order chi connectivity index (χ0) is 23.2. The van der Waals surface area contributed by atoms with E-state index in [4.69, 9.17) is 4.74 Å². The summed E-state index contributed by atoms with van der Waals surface area (Å²) in [6.07, 6.45) is -0.281. The van der Waals surface area contributed by atoms with Crippen LogP contribution in [0.1, 0.15) is 34.3 Å². The second-order valence-corrected chi connectivity index (χ2v) is 8.95. The Bertz CT molecular complexity index is 1140. The highest BCUT2D eigenvalue weighted by atomic mass is 16.6. The van der Waals surface area contributed by atoms with Gasteiger partial charge in [0.1, 0.15) is 6.10 Å². The molecule has 0 unspecified atom stereocenters. The monoisotopic (exact) mass is 447 g/mol. The topological polar surface area (TPSA) is 29.5 Å². The molecular formula is C31H29NO2. The third kappa shape index (κ3) is 5.11. The van der Waals surface area contributed by atoms with Crippen molar-refractivity contribution in [2.24, 2.45) is 5.92 Å². The molecule has 1 aliphatic rings. The van der Waals surface area contributed by atoms with Crippen molar-refractivity contribution < 1.29 is 9.53 Å². The lowest BCUT2D eigenvalue weighted by Gasteiger charge is -2.28. The maximum absolute atomic E-state index is 13.3. The van der Waals surface area contributed by atoms with Crippen LogP contribution in [0.25, 0.3) is 0 Å². The molecule has 0 N–H and O–H groups in total. The first-order valence-electron chi connectivity index (χ1n) is 11.9. The molecule has 1 aliphatic heterocycles. The molecule has 3 atom stereocenters. The number of hydrogen-bond acceptors (Lipinski definition) is 3. The summed E-state index contributed by atoms with van der Waals surface area (Å²) in [5.41, 5.74) is 4.66. The second-order valence-electron chi connectivity index (χ2n) is 8.95. The Hall–Kier alpha value is -3.69. The van der Waals surface area contributed by atoms with E-state index >= 15 is 0 Å². The summed E-state index contributed by atoms with van der Waals surface area (Å²) in [5, 5.41) is 0. The summed E-state index contributed by atoms with van der Waals surface area (Å²) in [7, 11) is 0. The van der Waals surface area contributed by atoms with Gasteiger partial charge in [-0.15, -0.1) is 0 Å². The van der Waals surface area contributed by atoms with E-state index in [1.165, 1.54) is 11.1 Å². The zero-order valence-electron chi connectivity index (χ0n) is 19.2. The van der Waals surface area contributed by atoms with Crippen molar-refractivity contribution >= 4 is 5.97 Å². The number of rotatable bonds is 8. The molecule has 170 valence electrons. The van der Waals surface area contributed by atoms with E-state index in [-0.39, 0.29) is 23.9 Å². The Balaban J connectivity index is 1.47. The summed E-state index contributed by atoms with van der Waals surface area (Å²) in [5.74, 6) is -0.404. The van der Waals surface area contributed by atoms with E-state index in [2.05, 4.69) is 77.7 Å². The molecule has 0 radical (unpaired) electrons. The lowest BCUT2D eigenvalue weighted by Crippen LogP contribution is -2.33. The van der Waals surface area contributed by atoms with Gasteiger partial charge >= 0.3 is 5.97 Å². The van der Waals surface area contributed by atoms with Gasteiger partial charge in [-0.3, -0.25) is 9.69 Å². The molecule has 5 rings (SSSR count). The molecule has 3 heteroatoms. The Kier molecular flexibility index (Phi) is 6.83. The Morgan fingerprint density at radius 3 is 1.53 bits per heavy atom. The van der Waals surface area contributed by atoms with Crippen LogP contribution in [0.2, 0.25) is 0 Å². The van der Waals surface area contributed by atoms with E-state index in [9.17, 15) is 4.79 Å². The standard InChI is InChI=1S/C31H29NO2/c33-31-28(23-32(21-24-13-5-1-6-14-24)22-25-15-7-2-8-16-25)29(26-17-9-3-10-18-26)30(34-31)27-19-11-4-12-20-27/h1-20,28-30H,21-23H2/t28-,29+,30+/m0/s1. The molecule has 0 aliphatic carbocycles. The molecule has 1 fully saturated rings. The maximum Gasteiger partial charge on any atom is 0.311 e. The molecule has 1 heterocycles. The Labute approximate surface area is 201 Å². The van der Waals surface area contributed by atoms with Crippen LogP contribution < -0.4 is 0 Å². The summed E-state index contributed by atoms with van der Waals surface area (Å²) in [6.45, 7) is 2.18. The lowest BCUT2D eigenvalue weighted by atomic mass is 9.81. The number of carbonyl (C=O) groups is 1. The van der Waals surface area contributed by atoms with Gasteiger partial charge in [0.15, 0.2) is 0 Å². The third-order valence-corrected chi connectivity index (χ3v) is 6.57. The van der Waals surface area contributed by atoms with E-state index in [1.54, 1.807) is 0 Å². The molecule has 4 aromatic carbocycles. The molecule has 4 aromatic rings. The fourth-order valence-electron chi connectivity index (χ4n) is 4.98. The maximum atomic E-state index is 13.3. The summed E-state index contributed by atoms with van der Waals surface area (Å²) < 4.78 is 6.06. The van der Waals surface area contributed by atoms with Crippen LogP contribution in [0.4, 0.5) is 0 Å².